The van der Waals surface area contributed by atoms with Crippen LogP contribution in [-0.4, -0.2) is 11.2 Å². The molecule has 104 valence electrons. The van der Waals surface area contributed by atoms with E-state index in [9.17, 15) is 17.6 Å². The van der Waals surface area contributed by atoms with E-state index in [2.05, 4.69) is 10.1 Å². The Morgan fingerprint density at radius 3 is 2.10 bits per heavy atom. The lowest BCUT2D eigenvalue weighted by molar-refractivity contribution is 0.411. The SMILES string of the molecule is Fc1nc(F)c(F)c(N/N=C\c2ccc(Cl)cc2)c1F. The first-order valence-electron chi connectivity index (χ1n) is 5.23. The van der Waals surface area contributed by atoms with E-state index in [0.29, 0.717) is 10.6 Å². The molecule has 1 aromatic heterocycles. The third kappa shape index (κ3) is 3.05. The number of hydrogen-bond donors (Lipinski definition) is 1. The Kier molecular flexibility index (Phi) is 4.19. The Bertz CT molecular complexity index is 632. The number of rotatable bonds is 3. The number of halogens is 5. The van der Waals surface area contributed by atoms with E-state index in [4.69, 9.17) is 11.6 Å². The van der Waals surface area contributed by atoms with Gasteiger partial charge < -0.3 is 0 Å². The van der Waals surface area contributed by atoms with Gasteiger partial charge in [-0.15, -0.1) is 0 Å². The van der Waals surface area contributed by atoms with Gasteiger partial charge in [0.25, 0.3) is 11.9 Å². The zero-order valence-electron chi connectivity index (χ0n) is 9.67. The highest BCUT2D eigenvalue weighted by Gasteiger charge is 2.20. The van der Waals surface area contributed by atoms with Crippen molar-refractivity contribution in [2.24, 2.45) is 5.10 Å². The number of nitrogens with one attached hydrogen (secondary N) is 1. The maximum atomic E-state index is 13.2. The highest BCUT2D eigenvalue weighted by Crippen LogP contribution is 2.21. The summed E-state index contributed by atoms with van der Waals surface area (Å²) in [5.41, 5.74) is 1.40. The molecule has 0 saturated carbocycles. The van der Waals surface area contributed by atoms with Gasteiger partial charge in [-0.05, 0) is 17.7 Å². The van der Waals surface area contributed by atoms with Crippen molar-refractivity contribution in [2.45, 2.75) is 0 Å². The smallest absolute Gasteiger partial charge is 0.254 e. The normalized spacial score (nSPS) is 11.1. The van der Waals surface area contributed by atoms with Gasteiger partial charge in [0.2, 0.25) is 11.6 Å². The predicted molar refractivity (Wildman–Crippen MR) is 66.7 cm³/mol. The molecule has 1 heterocycles. The lowest BCUT2D eigenvalue weighted by Gasteiger charge is -2.04. The molecule has 0 aliphatic rings. The fraction of sp³-hybridized carbons (Fsp3) is 0. The van der Waals surface area contributed by atoms with Crippen molar-refractivity contribution in [1.82, 2.24) is 4.98 Å². The highest BCUT2D eigenvalue weighted by atomic mass is 35.5. The summed E-state index contributed by atoms with van der Waals surface area (Å²) >= 11 is 5.67. The Labute approximate surface area is 115 Å². The number of nitrogens with zero attached hydrogens (tertiary/aromatic N) is 2. The third-order valence-electron chi connectivity index (χ3n) is 2.26. The second-order valence-corrected chi connectivity index (χ2v) is 4.05. The molecule has 2 rings (SSSR count). The zero-order chi connectivity index (χ0) is 14.7. The van der Waals surface area contributed by atoms with Crippen LogP contribution in [0.5, 0.6) is 0 Å². The van der Waals surface area contributed by atoms with Crippen LogP contribution in [0.3, 0.4) is 0 Å². The molecule has 0 spiro atoms. The second-order valence-electron chi connectivity index (χ2n) is 3.62. The lowest BCUT2D eigenvalue weighted by atomic mass is 10.2. The van der Waals surface area contributed by atoms with Crippen molar-refractivity contribution in [3.63, 3.8) is 0 Å². The summed E-state index contributed by atoms with van der Waals surface area (Å²) in [7, 11) is 0. The standard InChI is InChI=1S/C12H6ClF4N3/c13-7-3-1-6(2-4-7)5-18-20-10-8(14)11(16)19-12(17)9(10)15/h1-5H,(H,19,20)/b18-5-. The van der Waals surface area contributed by atoms with E-state index in [-0.39, 0.29) is 0 Å². The number of hydrogen-bond acceptors (Lipinski definition) is 3. The van der Waals surface area contributed by atoms with Gasteiger partial charge in [-0.1, -0.05) is 23.7 Å². The Morgan fingerprint density at radius 2 is 1.55 bits per heavy atom. The van der Waals surface area contributed by atoms with E-state index < -0.39 is 29.2 Å². The van der Waals surface area contributed by atoms with Crippen molar-refractivity contribution in [3.8, 4) is 0 Å². The van der Waals surface area contributed by atoms with Crippen molar-refractivity contribution in [1.29, 1.82) is 0 Å². The van der Waals surface area contributed by atoms with Gasteiger partial charge in [0.15, 0.2) is 0 Å². The fourth-order valence-electron chi connectivity index (χ4n) is 1.31. The monoisotopic (exact) mass is 303 g/mol. The Morgan fingerprint density at radius 1 is 1.00 bits per heavy atom. The summed E-state index contributed by atoms with van der Waals surface area (Å²) in [6, 6.07) is 6.34. The van der Waals surface area contributed by atoms with Gasteiger partial charge >= 0.3 is 0 Å². The molecule has 0 saturated heterocycles. The summed E-state index contributed by atoms with van der Waals surface area (Å²) in [6.45, 7) is 0. The summed E-state index contributed by atoms with van der Waals surface area (Å²) in [5.74, 6) is -6.82. The summed E-state index contributed by atoms with van der Waals surface area (Å²) in [4.78, 5) is 2.42. The minimum atomic E-state index is -1.76. The van der Waals surface area contributed by atoms with Crippen molar-refractivity contribution >= 4 is 23.5 Å². The minimum Gasteiger partial charge on any atom is -0.272 e. The molecule has 0 radical (unpaired) electrons. The maximum absolute atomic E-state index is 13.2. The van der Waals surface area contributed by atoms with E-state index >= 15 is 0 Å². The van der Waals surface area contributed by atoms with Crippen molar-refractivity contribution in [3.05, 3.63) is 58.4 Å². The summed E-state index contributed by atoms with van der Waals surface area (Å²) < 4.78 is 52.1. The van der Waals surface area contributed by atoms with Crippen LogP contribution in [0.25, 0.3) is 0 Å². The molecule has 2 aromatic rings. The third-order valence-corrected chi connectivity index (χ3v) is 2.51. The van der Waals surface area contributed by atoms with E-state index in [1.54, 1.807) is 24.3 Å². The Hall–Kier alpha value is -2.15. The van der Waals surface area contributed by atoms with Crippen LogP contribution in [0.4, 0.5) is 23.2 Å². The summed E-state index contributed by atoms with van der Waals surface area (Å²) in [5, 5.41) is 3.99. The van der Waals surface area contributed by atoms with E-state index in [0.717, 1.165) is 0 Å². The molecular weight excluding hydrogens is 298 g/mol. The first-order chi connectivity index (χ1) is 9.49. The van der Waals surface area contributed by atoms with Gasteiger partial charge in [-0.3, -0.25) is 5.43 Å². The molecule has 20 heavy (non-hydrogen) atoms. The van der Waals surface area contributed by atoms with Crippen LogP contribution in [0, 0.1) is 23.5 Å². The molecule has 1 N–H and O–H groups in total. The van der Waals surface area contributed by atoms with Gasteiger partial charge in [0, 0.05) is 5.02 Å². The van der Waals surface area contributed by atoms with Crippen LogP contribution in [0.2, 0.25) is 5.02 Å². The first-order valence-corrected chi connectivity index (χ1v) is 5.61. The molecule has 0 amide bonds. The first kappa shape index (κ1) is 14.3. The molecule has 8 heteroatoms. The van der Waals surface area contributed by atoms with Gasteiger partial charge in [0.05, 0.1) is 6.21 Å². The number of benzene rings is 1. The van der Waals surface area contributed by atoms with Crippen LogP contribution >= 0.6 is 11.6 Å². The molecule has 1 aromatic carbocycles. The fourth-order valence-corrected chi connectivity index (χ4v) is 1.43. The van der Waals surface area contributed by atoms with Crippen LogP contribution in [-0.2, 0) is 0 Å². The topological polar surface area (TPSA) is 37.3 Å². The molecule has 0 atom stereocenters. The van der Waals surface area contributed by atoms with Crippen molar-refractivity contribution < 1.29 is 17.6 Å². The lowest BCUT2D eigenvalue weighted by Crippen LogP contribution is -2.05. The molecule has 0 unspecified atom stereocenters. The Balaban J connectivity index is 2.21. The van der Waals surface area contributed by atoms with Crippen LogP contribution in [0.15, 0.2) is 29.4 Å². The maximum Gasteiger partial charge on any atom is 0.254 e. The van der Waals surface area contributed by atoms with Crippen molar-refractivity contribution in [2.75, 3.05) is 5.43 Å². The zero-order valence-corrected chi connectivity index (χ0v) is 10.4. The molecule has 0 bridgehead atoms. The van der Waals surface area contributed by atoms with Crippen LogP contribution in [0.1, 0.15) is 5.56 Å². The quantitative estimate of drug-likeness (QED) is 0.406. The highest BCUT2D eigenvalue weighted by molar-refractivity contribution is 6.30. The number of anilines is 1. The largest absolute Gasteiger partial charge is 0.272 e. The van der Waals surface area contributed by atoms with Crippen LogP contribution < -0.4 is 5.43 Å². The second kappa shape index (κ2) is 5.87. The number of aromatic nitrogens is 1. The molecule has 0 fully saturated rings. The average molecular weight is 304 g/mol. The predicted octanol–water partition coefficient (Wildman–Crippen LogP) is 3.74. The molecule has 0 aliphatic carbocycles. The molecule has 0 aliphatic heterocycles. The minimum absolute atomic E-state index is 0.505. The molecule has 3 nitrogen and oxygen atoms in total. The van der Waals surface area contributed by atoms with E-state index in [1.165, 1.54) is 6.21 Å². The van der Waals surface area contributed by atoms with Gasteiger partial charge in [0.1, 0.15) is 5.69 Å². The number of hydrazone groups is 1. The van der Waals surface area contributed by atoms with E-state index in [1.807, 2.05) is 5.43 Å². The summed E-state index contributed by atoms with van der Waals surface area (Å²) in [6.07, 6.45) is 1.20. The van der Waals surface area contributed by atoms with Gasteiger partial charge in [-0.2, -0.15) is 27.6 Å². The van der Waals surface area contributed by atoms with Gasteiger partial charge in [-0.25, -0.2) is 0 Å². The average Bonchev–Trinajstić information content (AvgIpc) is 2.42. The molecular formula is C12H6ClF4N3. The number of pyridine rings is 1.